The van der Waals surface area contributed by atoms with Crippen LogP contribution in [0.15, 0.2) is 64.0 Å². The fourth-order valence-electron chi connectivity index (χ4n) is 3.08. The Kier molecular flexibility index (Phi) is 8.84. The highest BCUT2D eigenvalue weighted by Crippen LogP contribution is 2.21. The van der Waals surface area contributed by atoms with Gasteiger partial charge < -0.3 is 15.5 Å². The van der Waals surface area contributed by atoms with Crippen molar-refractivity contribution >= 4 is 32.0 Å². The zero-order valence-corrected chi connectivity index (χ0v) is 19.3. The van der Waals surface area contributed by atoms with E-state index in [1.807, 2.05) is 44.2 Å². The third-order valence-electron chi connectivity index (χ3n) is 4.48. The highest BCUT2D eigenvalue weighted by atomic mass is 79.9. The molecule has 2 atom stereocenters. The first-order valence-corrected chi connectivity index (χ1v) is 11.8. The van der Waals surface area contributed by atoms with Gasteiger partial charge >= 0.3 is 6.09 Å². The summed E-state index contributed by atoms with van der Waals surface area (Å²) in [5, 5.41) is 22.3. The van der Waals surface area contributed by atoms with Crippen LogP contribution in [0.5, 0.6) is 0 Å². The number of nitrogens with zero attached hydrogens (tertiary/aromatic N) is 1. The maximum Gasteiger partial charge on any atom is 0.404 e. The minimum absolute atomic E-state index is 0.0161. The van der Waals surface area contributed by atoms with E-state index in [1.165, 1.54) is 16.4 Å². The Morgan fingerprint density at radius 3 is 2.20 bits per heavy atom. The van der Waals surface area contributed by atoms with Crippen molar-refractivity contribution in [1.82, 2.24) is 9.62 Å². The Morgan fingerprint density at radius 1 is 1.07 bits per heavy atom. The molecule has 0 heterocycles. The monoisotopic (exact) mass is 498 g/mol. The van der Waals surface area contributed by atoms with Crippen LogP contribution in [0.4, 0.5) is 4.79 Å². The number of aliphatic hydroxyl groups is 1. The molecule has 164 valence electrons. The van der Waals surface area contributed by atoms with Crippen molar-refractivity contribution in [3.8, 4) is 0 Å². The molecule has 0 aliphatic heterocycles. The highest BCUT2D eigenvalue weighted by molar-refractivity contribution is 9.10. The first kappa shape index (κ1) is 24.3. The number of carboxylic acid groups (broad SMARTS) is 1. The molecule has 2 aromatic rings. The molecule has 2 rings (SSSR count). The molecule has 7 nitrogen and oxygen atoms in total. The maximum absolute atomic E-state index is 13.2. The van der Waals surface area contributed by atoms with Crippen molar-refractivity contribution in [2.45, 2.75) is 37.3 Å². The van der Waals surface area contributed by atoms with Gasteiger partial charge in [-0.25, -0.2) is 13.2 Å². The number of hydrogen-bond donors (Lipinski definition) is 3. The lowest BCUT2D eigenvalue weighted by molar-refractivity contribution is 0.0980. The molecule has 0 spiro atoms. The van der Waals surface area contributed by atoms with Crippen LogP contribution in [0.3, 0.4) is 0 Å². The fraction of sp³-hybridized carbons (Fsp3) is 0.381. The number of rotatable bonds is 10. The van der Waals surface area contributed by atoms with E-state index in [1.54, 1.807) is 12.1 Å². The molecule has 0 bridgehead atoms. The van der Waals surface area contributed by atoms with Crippen molar-refractivity contribution in [2.24, 2.45) is 5.92 Å². The van der Waals surface area contributed by atoms with Crippen LogP contribution in [-0.2, 0) is 16.4 Å². The number of hydrogen-bond acceptors (Lipinski definition) is 4. The van der Waals surface area contributed by atoms with E-state index in [-0.39, 0.29) is 30.3 Å². The maximum atomic E-state index is 13.2. The summed E-state index contributed by atoms with van der Waals surface area (Å²) in [7, 11) is -3.87. The number of halogens is 1. The van der Waals surface area contributed by atoms with Gasteiger partial charge in [-0.15, -0.1) is 0 Å². The van der Waals surface area contributed by atoms with Gasteiger partial charge in [-0.3, -0.25) is 0 Å². The second-order valence-corrected chi connectivity index (χ2v) is 10.3. The number of benzene rings is 2. The standard InChI is InChI=1S/C21H27BrN2O5S/c1-15(2)13-24(30(28,29)18-10-8-17(22)9-11-18)14-20(25)19(23-21(26)27)12-16-6-4-3-5-7-16/h3-11,15,19-20,23,25H,12-14H2,1-2H3,(H,26,27)/t19-,20+/m0/s1. The second-order valence-electron chi connectivity index (χ2n) is 7.48. The van der Waals surface area contributed by atoms with Gasteiger partial charge in [0.05, 0.1) is 17.0 Å². The van der Waals surface area contributed by atoms with Gasteiger partial charge in [-0.05, 0) is 42.2 Å². The number of amides is 1. The van der Waals surface area contributed by atoms with Gasteiger partial charge in [-0.1, -0.05) is 60.1 Å². The van der Waals surface area contributed by atoms with Crippen LogP contribution in [0.1, 0.15) is 19.4 Å². The van der Waals surface area contributed by atoms with E-state index < -0.39 is 28.3 Å². The quantitative estimate of drug-likeness (QED) is 0.465. The fourth-order valence-corrected chi connectivity index (χ4v) is 4.97. The van der Waals surface area contributed by atoms with Gasteiger partial charge in [0, 0.05) is 17.6 Å². The molecule has 2 aromatic carbocycles. The lowest BCUT2D eigenvalue weighted by atomic mass is 10.0. The molecule has 0 radical (unpaired) electrons. The molecule has 3 N–H and O–H groups in total. The van der Waals surface area contributed by atoms with E-state index in [0.717, 1.165) is 10.0 Å². The van der Waals surface area contributed by atoms with E-state index in [0.29, 0.717) is 0 Å². The average Bonchev–Trinajstić information content (AvgIpc) is 2.67. The molecular formula is C21H27BrN2O5S. The van der Waals surface area contributed by atoms with Gasteiger partial charge in [0.2, 0.25) is 10.0 Å². The smallest absolute Gasteiger partial charge is 0.404 e. The molecule has 0 aromatic heterocycles. The summed E-state index contributed by atoms with van der Waals surface area (Å²) in [5.41, 5.74) is 0.835. The first-order valence-electron chi connectivity index (χ1n) is 9.56. The summed E-state index contributed by atoms with van der Waals surface area (Å²) in [4.78, 5) is 11.4. The van der Waals surface area contributed by atoms with Crippen LogP contribution in [-0.4, -0.2) is 54.3 Å². The topological polar surface area (TPSA) is 107 Å². The van der Waals surface area contributed by atoms with Crippen molar-refractivity contribution in [2.75, 3.05) is 13.1 Å². The van der Waals surface area contributed by atoms with Crippen LogP contribution in [0.2, 0.25) is 0 Å². The van der Waals surface area contributed by atoms with Crippen molar-refractivity contribution in [3.05, 3.63) is 64.6 Å². The SMILES string of the molecule is CC(C)CN(C[C@@H](O)[C@H](Cc1ccccc1)NC(=O)O)S(=O)(=O)c1ccc(Br)cc1. The number of nitrogens with one attached hydrogen (secondary N) is 1. The second kappa shape index (κ2) is 10.9. The molecular weight excluding hydrogens is 472 g/mol. The minimum Gasteiger partial charge on any atom is -0.465 e. The molecule has 0 unspecified atom stereocenters. The van der Waals surface area contributed by atoms with Gasteiger partial charge in [0.1, 0.15) is 0 Å². The van der Waals surface area contributed by atoms with Crippen LogP contribution in [0, 0.1) is 5.92 Å². The third kappa shape index (κ3) is 7.09. The van der Waals surface area contributed by atoms with Gasteiger partial charge in [-0.2, -0.15) is 4.31 Å². The predicted octanol–water partition coefficient (Wildman–Crippen LogP) is 3.34. The van der Waals surface area contributed by atoms with E-state index in [9.17, 15) is 23.4 Å². The number of carbonyl (C=O) groups is 1. The van der Waals surface area contributed by atoms with Crippen molar-refractivity contribution in [1.29, 1.82) is 0 Å². The third-order valence-corrected chi connectivity index (χ3v) is 6.86. The van der Waals surface area contributed by atoms with Gasteiger partial charge in [0.25, 0.3) is 0 Å². The average molecular weight is 499 g/mol. The lowest BCUT2D eigenvalue weighted by Gasteiger charge is -2.30. The Morgan fingerprint density at radius 2 is 1.67 bits per heavy atom. The van der Waals surface area contributed by atoms with Crippen LogP contribution < -0.4 is 5.32 Å². The molecule has 0 saturated heterocycles. The Labute approximate surface area is 185 Å². The zero-order valence-electron chi connectivity index (χ0n) is 16.9. The molecule has 1 amide bonds. The summed E-state index contributed by atoms with van der Waals surface area (Å²) >= 11 is 3.29. The summed E-state index contributed by atoms with van der Waals surface area (Å²) in [6.45, 7) is 3.73. The van der Waals surface area contributed by atoms with Gasteiger partial charge in [0.15, 0.2) is 0 Å². The van der Waals surface area contributed by atoms with E-state index >= 15 is 0 Å². The Hall–Kier alpha value is -1.94. The lowest BCUT2D eigenvalue weighted by Crippen LogP contribution is -2.50. The Balaban J connectivity index is 2.27. The first-order chi connectivity index (χ1) is 14.1. The highest BCUT2D eigenvalue weighted by Gasteiger charge is 2.31. The molecule has 9 heteroatoms. The van der Waals surface area contributed by atoms with Crippen LogP contribution >= 0.6 is 15.9 Å². The van der Waals surface area contributed by atoms with Crippen molar-refractivity contribution in [3.63, 3.8) is 0 Å². The van der Waals surface area contributed by atoms with E-state index in [2.05, 4.69) is 21.2 Å². The molecule has 0 aliphatic carbocycles. The number of aliphatic hydroxyl groups excluding tert-OH is 1. The minimum atomic E-state index is -3.87. The molecule has 0 fully saturated rings. The van der Waals surface area contributed by atoms with Crippen LogP contribution in [0.25, 0.3) is 0 Å². The summed E-state index contributed by atoms with van der Waals surface area (Å²) in [5.74, 6) is 0.0161. The summed E-state index contributed by atoms with van der Waals surface area (Å²) in [6, 6.07) is 14.6. The normalized spacial score (nSPS) is 13.9. The molecule has 0 saturated carbocycles. The zero-order chi connectivity index (χ0) is 22.3. The largest absolute Gasteiger partial charge is 0.465 e. The molecule has 0 aliphatic rings. The summed E-state index contributed by atoms with van der Waals surface area (Å²) in [6.07, 6.45) is -2.27. The molecule has 30 heavy (non-hydrogen) atoms. The Bertz CT molecular complexity index is 920. The predicted molar refractivity (Wildman–Crippen MR) is 119 cm³/mol. The van der Waals surface area contributed by atoms with Crippen molar-refractivity contribution < 1.29 is 23.4 Å². The summed E-state index contributed by atoms with van der Waals surface area (Å²) < 4.78 is 28.3. The van der Waals surface area contributed by atoms with E-state index in [4.69, 9.17) is 0 Å². The number of sulfonamides is 1.